The molecule has 0 aromatic heterocycles. The molecule has 16 heavy (non-hydrogen) atoms. The molecule has 0 atom stereocenters. The Morgan fingerprint density at radius 2 is 1.56 bits per heavy atom. The van der Waals surface area contributed by atoms with Gasteiger partial charge in [0.05, 0.1) is 24.4 Å². The minimum absolute atomic E-state index is 0.183. The van der Waals surface area contributed by atoms with Crippen molar-refractivity contribution >= 4 is 11.9 Å². The van der Waals surface area contributed by atoms with Crippen molar-refractivity contribution < 1.29 is 19.1 Å². The summed E-state index contributed by atoms with van der Waals surface area (Å²) in [6, 6.07) is 0. The fourth-order valence-electron chi connectivity index (χ4n) is 1.20. The lowest BCUT2D eigenvalue weighted by atomic mass is 10.1. The van der Waals surface area contributed by atoms with E-state index in [2.05, 4.69) is 6.58 Å². The molecule has 0 radical (unpaired) electrons. The van der Waals surface area contributed by atoms with Gasteiger partial charge in [-0.3, -0.25) is 0 Å². The summed E-state index contributed by atoms with van der Waals surface area (Å²) in [7, 11) is 0. The molecule has 0 bridgehead atoms. The number of hydrogen-bond acceptors (Lipinski definition) is 4. The first kappa shape index (κ1) is 14.4. The van der Waals surface area contributed by atoms with Crippen molar-refractivity contribution in [2.75, 3.05) is 13.2 Å². The third kappa shape index (κ3) is 3.88. The molecule has 4 heteroatoms. The van der Waals surface area contributed by atoms with Gasteiger partial charge in [0.2, 0.25) is 0 Å². The zero-order chi connectivity index (χ0) is 12.6. The van der Waals surface area contributed by atoms with Gasteiger partial charge >= 0.3 is 11.9 Å². The number of hydrogen-bond donors (Lipinski definition) is 0. The first-order valence-electron chi connectivity index (χ1n) is 5.32. The average molecular weight is 226 g/mol. The molecule has 0 unspecified atom stereocenters. The molecule has 0 aliphatic heterocycles. The second kappa shape index (κ2) is 7.68. The fourth-order valence-corrected chi connectivity index (χ4v) is 1.20. The van der Waals surface area contributed by atoms with Crippen LogP contribution >= 0.6 is 0 Å². The molecule has 0 saturated heterocycles. The van der Waals surface area contributed by atoms with Gasteiger partial charge in [0.25, 0.3) is 0 Å². The molecular formula is C12H18O4. The maximum atomic E-state index is 11.5. The van der Waals surface area contributed by atoms with Gasteiger partial charge in [0.15, 0.2) is 0 Å². The Morgan fingerprint density at radius 3 is 1.94 bits per heavy atom. The first-order chi connectivity index (χ1) is 7.62. The van der Waals surface area contributed by atoms with Gasteiger partial charge in [-0.25, -0.2) is 9.59 Å². The van der Waals surface area contributed by atoms with E-state index in [1.165, 1.54) is 6.08 Å². The number of ether oxygens (including phenoxy) is 2. The molecule has 90 valence electrons. The van der Waals surface area contributed by atoms with E-state index in [4.69, 9.17) is 9.47 Å². The van der Waals surface area contributed by atoms with E-state index in [9.17, 15) is 9.59 Å². The fraction of sp³-hybridized carbons (Fsp3) is 0.500. The quantitative estimate of drug-likeness (QED) is 0.395. The van der Waals surface area contributed by atoms with Crippen LogP contribution in [0.5, 0.6) is 0 Å². The zero-order valence-electron chi connectivity index (χ0n) is 10.0. The Labute approximate surface area is 95.9 Å². The normalized spacial score (nSPS) is 11.4. The number of carbonyl (C=O) groups excluding carboxylic acids is 2. The molecule has 0 aromatic rings. The molecule has 4 nitrogen and oxygen atoms in total. The van der Waals surface area contributed by atoms with Crippen LogP contribution < -0.4 is 0 Å². The Morgan fingerprint density at radius 1 is 1.06 bits per heavy atom. The van der Waals surface area contributed by atoms with Crippen LogP contribution in [0.4, 0.5) is 0 Å². The van der Waals surface area contributed by atoms with Crippen molar-refractivity contribution in [3.63, 3.8) is 0 Å². The number of carbonyl (C=O) groups is 2. The summed E-state index contributed by atoms with van der Waals surface area (Å²) in [4.78, 5) is 23.1. The third-order valence-corrected chi connectivity index (χ3v) is 1.90. The maximum Gasteiger partial charge on any atom is 0.338 e. The second-order valence-electron chi connectivity index (χ2n) is 2.89. The van der Waals surface area contributed by atoms with Crippen LogP contribution in [0.1, 0.15) is 27.2 Å². The SMILES string of the molecule is C=C/C(C(=O)OCC)=C(\CC)C(=O)OCC. The van der Waals surface area contributed by atoms with Crippen LogP contribution in [-0.2, 0) is 19.1 Å². The Balaban J connectivity index is 5.12. The molecule has 0 aliphatic carbocycles. The summed E-state index contributed by atoms with van der Waals surface area (Å²) in [5.41, 5.74) is 0.484. The van der Waals surface area contributed by atoms with Crippen molar-refractivity contribution in [1.82, 2.24) is 0 Å². The lowest BCUT2D eigenvalue weighted by molar-refractivity contribution is -0.141. The van der Waals surface area contributed by atoms with E-state index in [-0.39, 0.29) is 18.8 Å². The summed E-state index contributed by atoms with van der Waals surface area (Å²) >= 11 is 0. The first-order valence-corrected chi connectivity index (χ1v) is 5.32. The largest absolute Gasteiger partial charge is 0.463 e. The zero-order valence-corrected chi connectivity index (χ0v) is 10.0. The molecule has 0 amide bonds. The van der Waals surface area contributed by atoms with Crippen LogP contribution in [0.25, 0.3) is 0 Å². The highest BCUT2D eigenvalue weighted by molar-refractivity contribution is 6.02. The van der Waals surface area contributed by atoms with Crippen LogP contribution in [-0.4, -0.2) is 25.2 Å². The average Bonchev–Trinajstić information content (AvgIpc) is 2.25. The predicted octanol–water partition coefficient (Wildman–Crippen LogP) is 2.01. The van der Waals surface area contributed by atoms with Gasteiger partial charge in [-0.2, -0.15) is 0 Å². The third-order valence-electron chi connectivity index (χ3n) is 1.90. The van der Waals surface area contributed by atoms with E-state index in [1.807, 2.05) is 0 Å². The highest BCUT2D eigenvalue weighted by Gasteiger charge is 2.19. The van der Waals surface area contributed by atoms with Gasteiger partial charge in [0, 0.05) is 0 Å². The minimum atomic E-state index is -0.539. The number of rotatable bonds is 6. The van der Waals surface area contributed by atoms with E-state index in [0.29, 0.717) is 12.0 Å². The highest BCUT2D eigenvalue weighted by atomic mass is 16.5. The summed E-state index contributed by atoms with van der Waals surface area (Å²) in [6.45, 7) is 9.23. The van der Waals surface area contributed by atoms with E-state index >= 15 is 0 Å². The molecule has 0 heterocycles. The molecule has 0 N–H and O–H groups in total. The van der Waals surface area contributed by atoms with E-state index in [1.54, 1.807) is 20.8 Å². The van der Waals surface area contributed by atoms with Gasteiger partial charge in [-0.1, -0.05) is 19.6 Å². The predicted molar refractivity (Wildman–Crippen MR) is 60.8 cm³/mol. The van der Waals surface area contributed by atoms with Gasteiger partial charge in [-0.05, 0) is 20.3 Å². The molecule has 0 spiro atoms. The highest BCUT2D eigenvalue weighted by Crippen LogP contribution is 2.13. The maximum absolute atomic E-state index is 11.5. The Bertz CT molecular complexity index is 302. The van der Waals surface area contributed by atoms with Crippen molar-refractivity contribution in [3.8, 4) is 0 Å². The molecular weight excluding hydrogens is 208 g/mol. The van der Waals surface area contributed by atoms with Gasteiger partial charge in [-0.15, -0.1) is 0 Å². The van der Waals surface area contributed by atoms with E-state index < -0.39 is 11.9 Å². The van der Waals surface area contributed by atoms with Crippen LogP contribution in [0, 0.1) is 0 Å². The lowest BCUT2D eigenvalue weighted by Crippen LogP contribution is -2.15. The molecule has 0 aromatic carbocycles. The molecule has 0 fully saturated rings. The number of esters is 2. The smallest absolute Gasteiger partial charge is 0.338 e. The molecule has 0 rings (SSSR count). The molecule has 0 saturated carbocycles. The molecule has 0 aliphatic rings. The standard InChI is InChI=1S/C12H18O4/c1-5-9(11(13)15-7-3)10(6-2)12(14)16-8-4/h5H,1,6-8H2,2-4H3/b10-9-. The Hall–Kier alpha value is -1.58. The summed E-state index contributed by atoms with van der Waals surface area (Å²) in [6.07, 6.45) is 1.73. The monoisotopic (exact) mass is 226 g/mol. The summed E-state index contributed by atoms with van der Waals surface area (Å²) in [5, 5.41) is 0. The second-order valence-corrected chi connectivity index (χ2v) is 2.89. The van der Waals surface area contributed by atoms with Crippen molar-refractivity contribution in [3.05, 3.63) is 23.8 Å². The van der Waals surface area contributed by atoms with Crippen LogP contribution in [0.15, 0.2) is 23.8 Å². The van der Waals surface area contributed by atoms with Gasteiger partial charge in [0.1, 0.15) is 0 Å². The minimum Gasteiger partial charge on any atom is -0.463 e. The van der Waals surface area contributed by atoms with Crippen molar-refractivity contribution in [2.24, 2.45) is 0 Å². The Kier molecular flexibility index (Phi) is 6.92. The van der Waals surface area contributed by atoms with Crippen molar-refractivity contribution in [1.29, 1.82) is 0 Å². The topological polar surface area (TPSA) is 52.6 Å². The van der Waals surface area contributed by atoms with Crippen LogP contribution in [0.2, 0.25) is 0 Å². The van der Waals surface area contributed by atoms with Gasteiger partial charge < -0.3 is 9.47 Å². The lowest BCUT2D eigenvalue weighted by Gasteiger charge is -2.09. The summed E-state index contributed by atoms with van der Waals surface area (Å²) in [5.74, 6) is -1.03. The van der Waals surface area contributed by atoms with Crippen LogP contribution in [0.3, 0.4) is 0 Å². The van der Waals surface area contributed by atoms with E-state index in [0.717, 1.165) is 0 Å². The summed E-state index contributed by atoms with van der Waals surface area (Å²) < 4.78 is 9.68. The van der Waals surface area contributed by atoms with Crippen molar-refractivity contribution in [2.45, 2.75) is 27.2 Å².